The van der Waals surface area contributed by atoms with Crippen molar-refractivity contribution >= 4 is 27.7 Å². The van der Waals surface area contributed by atoms with Crippen LogP contribution in [0.15, 0.2) is 15.2 Å². The maximum absolute atomic E-state index is 5.16. The number of nitrogens with zero attached hydrogens (tertiary/aromatic N) is 2. The highest BCUT2D eigenvalue weighted by Gasteiger charge is 2.11. The van der Waals surface area contributed by atoms with E-state index in [0.29, 0.717) is 0 Å². The lowest BCUT2D eigenvalue weighted by Gasteiger charge is -2.16. The second kappa shape index (κ2) is 5.19. The maximum atomic E-state index is 5.16. The van der Waals surface area contributed by atoms with Crippen molar-refractivity contribution in [2.75, 3.05) is 24.6 Å². The molecule has 5 heteroatoms. The maximum Gasteiger partial charge on any atom is 0.151 e. The fourth-order valence-corrected chi connectivity index (χ4v) is 2.79. The van der Waals surface area contributed by atoms with Crippen molar-refractivity contribution in [2.45, 2.75) is 13.0 Å². The summed E-state index contributed by atoms with van der Waals surface area (Å²) in [6.07, 6.45) is 1.28. The molecule has 2 rings (SSSR count). The van der Waals surface area contributed by atoms with E-state index in [4.69, 9.17) is 4.52 Å². The molecule has 0 amide bonds. The summed E-state index contributed by atoms with van der Waals surface area (Å²) in [7, 11) is 0. The van der Waals surface area contributed by atoms with Gasteiger partial charge in [0.15, 0.2) is 5.76 Å². The van der Waals surface area contributed by atoms with E-state index in [1.165, 1.54) is 24.5 Å². The summed E-state index contributed by atoms with van der Waals surface area (Å²) in [4.78, 5) is 2.42. The van der Waals surface area contributed by atoms with Gasteiger partial charge in [0.25, 0.3) is 0 Å². The molecule has 1 fully saturated rings. The van der Waals surface area contributed by atoms with Crippen LogP contribution < -0.4 is 0 Å². The van der Waals surface area contributed by atoms with Gasteiger partial charge in [-0.1, -0.05) is 5.16 Å². The summed E-state index contributed by atoms with van der Waals surface area (Å²) in [5.74, 6) is 3.47. The van der Waals surface area contributed by atoms with Gasteiger partial charge >= 0.3 is 0 Å². The zero-order chi connectivity index (χ0) is 9.80. The number of hydrogen-bond acceptors (Lipinski definition) is 4. The van der Waals surface area contributed by atoms with Gasteiger partial charge in [0.1, 0.15) is 4.60 Å². The number of hydrogen-bond donors (Lipinski definition) is 0. The van der Waals surface area contributed by atoms with Gasteiger partial charge in [0.2, 0.25) is 0 Å². The first-order chi connectivity index (χ1) is 6.84. The molecule has 1 aliphatic heterocycles. The van der Waals surface area contributed by atoms with Crippen LogP contribution in [0.3, 0.4) is 0 Å². The number of rotatable bonds is 2. The van der Waals surface area contributed by atoms with Gasteiger partial charge in [-0.25, -0.2) is 0 Å². The number of halogens is 1. The number of aromatic nitrogens is 1. The van der Waals surface area contributed by atoms with Crippen molar-refractivity contribution in [2.24, 2.45) is 0 Å². The molecule has 14 heavy (non-hydrogen) atoms. The van der Waals surface area contributed by atoms with Crippen LogP contribution in [0.1, 0.15) is 12.2 Å². The molecule has 0 spiro atoms. The molecule has 0 bridgehead atoms. The molecule has 78 valence electrons. The molecule has 2 heterocycles. The van der Waals surface area contributed by atoms with Crippen molar-refractivity contribution in [3.63, 3.8) is 0 Å². The zero-order valence-electron chi connectivity index (χ0n) is 7.91. The van der Waals surface area contributed by atoms with Crippen molar-refractivity contribution < 1.29 is 4.52 Å². The molecular weight excluding hydrogens is 264 g/mol. The van der Waals surface area contributed by atoms with Gasteiger partial charge < -0.3 is 4.52 Å². The second-order valence-corrected chi connectivity index (χ2v) is 5.40. The zero-order valence-corrected chi connectivity index (χ0v) is 10.3. The SMILES string of the molecule is Brc1cc(CN2CCCSCC2)on1. The highest BCUT2D eigenvalue weighted by atomic mass is 79.9. The molecule has 3 nitrogen and oxygen atoms in total. The van der Waals surface area contributed by atoms with Gasteiger partial charge in [-0.2, -0.15) is 11.8 Å². The lowest BCUT2D eigenvalue weighted by atomic mass is 10.3. The molecule has 0 N–H and O–H groups in total. The Morgan fingerprint density at radius 2 is 2.43 bits per heavy atom. The van der Waals surface area contributed by atoms with Gasteiger partial charge in [-0.3, -0.25) is 4.90 Å². The molecule has 0 aliphatic carbocycles. The first-order valence-corrected chi connectivity index (χ1v) is 6.70. The van der Waals surface area contributed by atoms with Crippen LogP contribution in [0.2, 0.25) is 0 Å². The van der Waals surface area contributed by atoms with Crippen LogP contribution in [0.5, 0.6) is 0 Å². The third-order valence-electron chi connectivity index (χ3n) is 2.22. The van der Waals surface area contributed by atoms with E-state index in [1.54, 1.807) is 0 Å². The minimum Gasteiger partial charge on any atom is -0.359 e. The third-order valence-corrected chi connectivity index (χ3v) is 3.65. The summed E-state index contributed by atoms with van der Waals surface area (Å²) in [6.45, 7) is 3.22. The smallest absolute Gasteiger partial charge is 0.151 e. The Balaban J connectivity index is 1.89. The average Bonchev–Trinajstić information content (AvgIpc) is 2.43. The summed E-state index contributed by atoms with van der Waals surface area (Å²) in [5.41, 5.74) is 0. The molecule has 1 aliphatic rings. The standard InChI is InChI=1S/C9H13BrN2OS/c10-9-6-8(13-11-9)7-12-2-1-4-14-5-3-12/h6H,1-5,7H2. The van der Waals surface area contributed by atoms with Crippen LogP contribution in [-0.4, -0.2) is 34.7 Å². The van der Waals surface area contributed by atoms with Gasteiger partial charge in [-0.05, 0) is 34.6 Å². The largest absolute Gasteiger partial charge is 0.359 e. The monoisotopic (exact) mass is 276 g/mol. The molecule has 0 radical (unpaired) electrons. The Labute approximate surface area is 96.3 Å². The van der Waals surface area contributed by atoms with Gasteiger partial charge in [0.05, 0.1) is 6.54 Å². The molecule has 1 saturated heterocycles. The van der Waals surface area contributed by atoms with Crippen molar-refractivity contribution in [3.05, 3.63) is 16.4 Å². The van der Waals surface area contributed by atoms with E-state index in [0.717, 1.165) is 23.5 Å². The van der Waals surface area contributed by atoms with Crippen molar-refractivity contribution in [3.8, 4) is 0 Å². The summed E-state index contributed by atoms with van der Waals surface area (Å²) in [5, 5.41) is 3.82. The van der Waals surface area contributed by atoms with E-state index in [9.17, 15) is 0 Å². The Hall–Kier alpha value is -0.0000000000000000555. The predicted molar refractivity (Wildman–Crippen MR) is 61.4 cm³/mol. The number of thioether (sulfide) groups is 1. The lowest BCUT2D eigenvalue weighted by Crippen LogP contribution is -2.25. The van der Waals surface area contributed by atoms with Crippen molar-refractivity contribution in [1.29, 1.82) is 0 Å². The Morgan fingerprint density at radius 1 is 1.50 bits per heavy atom. The lowest BCUT2D eigenvalue weighted by molar-refractivity contribution is 0.246. The molecule has 0 unspecified atom stereocenters. The first kappa shape index (κ1) is 10.5. The molecule has 0 saturated carbocycles. The normalized spacial score (nSPS) is 19.5. The van der Waals surface area contributed by atoms with Crippen LogP contribution in [0.4, 0.5) is 0 Å². The summed E-state index contributed by atoms with van der Waals surface area (Å²) in [6, 6.07) is 1.94. The van der Waals surface area contributed by atoms with Crippen LogP contribution in [0, 0.1) is 0 Å². The average molecular weight is 277 g/mol. The van der Waals surface area contributed by atoms with Crippen LogP contribution >= 0.6 is 27.7 Å². The van der Waals surface area contributed by atoms with Crippen molar-refractivity contribution in [1.82, 2.24) is 10.1 Å². The van der Waals surface area contributed by atoms with E-state index in [1.807, 2.05) is 17.8 Å². The van der Waals surface area contributed by atoms with E-state index in [2.05, 4.69) is 26.0 Å². The quantitative estimate of drug-likeness (QED) is 0.830. The predicted octanol–water partition coefficient (Wildman–Crippen LogP) is 2.38. The molecule has 0 atom stereocenters. The van der Waals surface area contributed by atoms with Gasteiger partial charge in [0, 0.05) is 18.4 Å². The highest BCUT2D eigenvalue weighted by molar-refractivity contribution is 9.10. The minimum atomic E-state index is 0.789. The van der Waals surface area contributed by atoms with Gasteiger partial charge in [-0.15, -0.1) is 0 Å². The summed E-state index contributed by atoms with van der Waals surface area (Å²) < 4.78 is 5.95. The molecule has 0 aromatic carbocycles. The van der Waals surface area contributed by atoms with Crippen LogP contribution in [-0.2, 0) is 6.54 Å². The Morgan fingerprint density at radius 3 is 3.21 bits per heavy atom. The highest BCUT2D eigenvalue weighted by Crippen LogP contribution is 2.15. The van der Waals surface area contributed by atoms with E-state index >= 15 is 0 Å². The first-order valence-electron chi connectivity index (χ1n) is 4.76. The fraction of sp³-hybridized carbons (Fsp3) is 0.667. The minimum absolute atomic E-state index is 0.789. The Bertz CT molecular complexity index is 284. The van der Waals surface area contributed by atoms with E-state index in [-0.39, 0.29) is 0 Å². The fourth-order valence-electron chi connectivity index (χ4n) is 1.54. The molecular formula is C9H13BrN2OS. The van der Waals surface area contributed by atoms with Crippen LogP contribution in [0.25, 0.3) is 0 Å². The third kappa shape index (κ3) is 3.00. The molecule has 1 aromatic heterocycles. The van der Waals surface area contributed by atoms with E-state index < -0.39 is 0 Å². The second-order valence-electron chi connectivity index (χ2n) is 3.36. The summed E-state index contributed by atoms with van der Waals surface area (Å²) >= 11 is 5.32. The molecule has 1 aromatic rings. The Kier molecular flexibility index (Phi) is 3.89. The topological polar surface area (TPSA) is 29.3 Å².